The molecule has 25 heavy (non-hydrogen) atoms. The summed E-state index contributed by atoms with van der Waals surface area (Å²) in [4.78, 5) is 0. The molecule has 1 heterocycles. The van der Waals surface area contributed by atoms with E-state index in [4.69, 9.17) is 4.74 Å². The number of sulfone groups is 1. The molecule has 2 aliphatic rings. The molecule has 7 heteroatoms. The highest BCUT2D eigenvalue weighted by atomic mass is 35.5. The summed E-state index contributed by atoms with van der Waals surface area (Å²) in [6.45, 7) is 3.36. The average molecular weight is 389 g/mol. The van der Waals surface area contributed by atoms with Gasteiger partial charge in [0, 0.05) is 31.4 Å². The average Bonchev–Trinajstić information content (AvgIpc) is 3.01. The zero-order valence-corrected chi connectivity index (χ0v) is 16.4. The van der Waals surface area contributed by atoms with Crippen LogP contribution >= 0.6 is 12.4 Å². The summed E-state index contributed by atoms with van der Waals surface area (Å²) in [6, 6.07) is 8.84. The molecule has 5 nitrogen and oxygen atoms in total. The molecule has 0 spiro atoms. The van der Waals surface area contributed by atoms with Gasteiger partial charge in [0.05, 0.1) is 19.0 Å². The molecule has 3 rings (SSSR count). The standard InChI is InChI=1S/C18H28N2O3S.ClH/c1-24(21,22)13-15-5-2-4-14(10-15)11-20-17-7-3-6-16(17)18-12-23-9-8-19-18;/h2,4-5,10,16-20H,3,6-9,11-13H2,1H3;1H. The number of halogens is 1. The van der Waals surface area contributed by atoms with E-state index in [9.17, 15) is 8.42 Å². The second kappa shape index (κ2) is 9.33. The number of morpholine rings is 1. The van der Waals surface area contributed by atoms with Gasteiger partial charge in [-0.3, -0.25) is 0 Å². The minimum absolute atomic E-state index is 0. The summed E-state index contributed by atoms with van der Waals surface area (Å²) < 4.78 is 28.5. The predicted molar refractivity (Wildman–Crippen MR) is 103 cm³/mol. The van der Waals surface area contributed by atoms with E-state index >= 15 is 0 Å². The lowest BCUT2D eigenvalue weighted by Gasteiger charge is -2.33. The second-order valence-corrected chi connectivity index (χ2v) is 9.25. The first-order chi connectivity index (χ1) is 11.5. The Hall–Kier alpha value is -0.660. The number of ether oxygens (including phenoxy) is 1. The van der Waals surface area contributed by atoms with Crippen LogP contribution in [0.1, 0.15) is 30.4 Å². The van der Waals surface area contributed by atoms with Crippen molar-refractivity contribution in [2.45, 2.75) is 43.6 Å². The monoisotopic (exact) mass is 388 g/mol. The van der Waals surface area contributed by atoms with Crippen LogP contribution in [0.15, 0.2) is 24.3 Å². The third kappa shape index (κ3) is 6.22. The summed E-state index contributed by atoms with van der Waals surface area (Å²) in [7, 11) is -2.99. The second-order valence-electron chi connectivity index (χ2n) is 7.11. The first-order valence-electron chi connectivity index (χ1n) is 8.81. The first-order valence-corrected chi connectivity index (χ1v) is 10.9. The van der Waals surface area contributed by atoms with Gasteiger partial charge in [-0.15, -0.1) is 12.4 Å². The zero-order chi connectivity index (χ0) is 17.0. The lowest BCUT2D eigenvalue weighted by Crippen LogP contribution is -2.50. The molecule has 1 aromatic rings. The van der Waals surface area contributed by atoms with Crippen molar-refractivity contribution < 1.29 is 13.2 Å². The molecule has 1 saturated heterocycles. The highest BCUT2D eigenvalue weighted by Crippen LogP contribution is 2.29. The van der Waals surface area contributed by atoms with Crippen molar-refractivity contribution in [3.8, 4) is 0 Å². The van der Waals surface area contributed by atoms with Crippen LogP contribution in [-0.2, 0) is 26.9 Å². The molecule has 0 bridgehead atoms. The Labute approximate surface area is 157 Å². The van der Waals surface area contributed by atoms with Gasteiger partial charge in [-0.25, -0.2) is 8.42 Å². The molecule has 3 unspecified atom stereocenters. The quantitative estimate of drug-likeness (QED) is 0.779. The normalized spacial score (nSPS) is 27.0. The number of benzene rings is 1. The Bertz CT molecular complexity index is 647. The maximum absolute atomic E-state index is 11.5. The van der Waals surface area contributed by atoms with Crippen LogP contribution in [0.25, 0.3) is 0 Å². The smallest absolute Gasteiger partial charge is 0.151 e. The minimum atomic E-state index is -2.99. The van der Waals surface area contributed by atoms with E-state index in [-0.39, 0.29) is 18.2 Å². The Morgan fingerprint density at radius 1 is 1.28 bits per heavy atom. The van der Waals surface area contributed by atoms with Crippen LogP contribution in [0.2, 0.25) is 0 Å². The molecule has 1 aliphatic carbocycles. The minimum Gasteiger partial charge on any atom is -0.379 e. The van der Waals surface area contributed by atoms with Crippen molar-refractivity contribution >= 4 is 22.2 Å². The van der Waals surface area contributed by atoms with Crippen LogP contribution in [-0.4, -0.2) is 46.5 Å². The number of hydrogen-bond acceptors (Lipinski definition) is 5. The van der Waals surface area contributed by atoms with Gasteiger partial charge in [0.2, 0.25) is 0 Å². The lowest BCUT2D eigenvalue weighted by molar-refractivity contribution is 0.0524. The van der Waals surface area contributed by atoms with Gasteiger partial charge >= 0.3 is 0 Å². The SMILES string of the molecule is CS(=O)(=O)Cc1cccc(CNC2CCCC2C2COCCN2)c1.Cl. The van der Waals surface area contributed by atoms with Crippen LogP contribution in [0.5, 0.6) is 0 Å². The van der Waals surface area contributed by atoms with Gasteiger partial charge in [-0.05, 0) is 29.9 Å². The molecule has 1 aromatic carbocycles. The fourth-order valence-electron chi connectivity index (χ4n) is 3.97. The van der Waals surface area contributed by atoms with E-state index < -0.39 is 9.84 Å². The van der Waals surface area contributed by atoms with Gasteiger partial charge in [0.1, 0.15) is 0 Å². The Kier molecular flexibility index (Phi) is 7.70. The Morgan fingerprint density at radius 3 is 2.80 bits per heavy atom. The molecule has 1 saturated carbocycles. The van der Waals surface area contributed by atoms with Crippen molar-refractivity contribution in [2.24, 2.45) is 5.92 Å². The van der Waals surface area contributed by atoms with Gasteiger partial charge in [0.15, 0.2) is 9.84 Å². The van der Waals surface area contributed by atoms with Gasteiger partial charge in [-0.2, -0.15) is 0 Å². The molecule has 3 atom stereocenters. The predicted octanol–water partition coefficient (Wildman–Crippen LogP) is 1.90. The van der Waals surface area contributed by atoms with E-state index in [2.05, 4.69) is 16.7 Å². The topological polar surface area (TPSA) is 67.4 Å². The highest BCUT2D eigenvalue weighted by Gasteiger charge is 2.34. The van der Waals surface area contributed by atoms with Crippen molar-refractivity contribution in [3.05, 3.63) is 35.4 Å². The molecule has 1 aliphatic heterocycles. The largest absolute Gasteiger partial charge is 0.379 e. The molecule has 0 amide bonds. The van der Waals surface area contributed by atoms with E-state index in [1.165, 1.54) is 25.5 Å². The van der Waals surface area contributed by atoms with E-state index in [1.54, 1.807) is 0 Å². The van der Waals surface area contributed by atoms with Crippen LogP contribution in [0.3, 0.4) is 0 Å². The third-order valence-electron chi connectivity index (χ3n) is 5.03. The summed E-state index contributed by atoms with van der Waals surface area (Å²) in [5, 5.41) is 7.28. The number of rotatable bonds is 6. The maximum atomic E-state index is 11.5. The van der Waals surface area contributed by atoms with E-state index in [0.717, 1.165) is 37.4 Å². The molecular weight excluding hydrogens is 360 g/mol. The van der Waals surface area contributed by atoms with E-state index in [0.29, 0.717) is 18.0 Å². The molecule has 0 aromatic heterocycles. The summed E-state index contributed by atoms with van der Waals surface area (Å²) >= 11 is 0. The maximum Gasteiger partial charge on any atom is 0.151 e. The number of nitrogens with one attached hydrogen (secondary N) is 2. The van der Waals surface area contributed by atoms with Crippen LogP contribution in [0.4, 0.5) is 0 Å². The summed E-state index contributed by atoms with van der Waals surface area (Å²) in [6.07, 6.45) is 4.98. The van der Waals surface area contributed by atoms with Crippen LogP contribution < -0.4 is 10.6 Å². The molecule has 2 fully saturated rings. The molecule has 2 N–H and O–H groups in total. The fourth-order valence-corrected chi connectivity index (χ4v) is 4.75. The Morgan fingerprint density at radius 2 is 2.08 bits per heavy atom. The van der Waals surface area contributed by atoms with Crippen molar-refractivity contribution in [1.29, 1.82) is 0 Å². The van der Waals surface area contributed by atoms with Crippen molar-refractivity contribution in [2.75, 3.05) is 26.0 Å². The lowest BCUT2D eigenvalue weighted by atomic mass is 9.94. The molecular formula is C18H29ClN2O3S. The van der Waals surface area contributed by atoms with Gasteiger partial charge < -0.3 is 15.4 Å². The summed E-state index contributed by atoms with van der Waals surface area (Å²) in [5.41, 5.74) is 2.01. The zero-order valence-electron chi connectivity index (χ0n) is 14.7. The first kappa shape index (κ1) is 20.6. The third-order valence-corrected chi connectivity index (χ3v) is 5.88. The molecule has 142 valence electrons. The summed E-state index contributed by atoms with van der Waals surface area (Å²) in [5.74, 6) is 0.723. The van der Waals surface area contributed by atoms with Crippen LogP contribution in [0, 0.1) is 5.92 Å². The molecule has 0 radical (unpaired) electrons. The van der Waals surface area contributed by atoms with E-state index in [1.807, 2.05) is 18.2 Å². The Balaban J connectivity index is 0.00000225. The van der Waals surface area contributed by atoms with Crippen molar-refractivity contribution in [1.82, 2.24) is 10.6 Å². The van der Waals surface area contributed by atoms with Crippen molar-refractivity contribution in [3.63, 3.8) is 0 Å². The van der Waals surface area contributed by atoms with Gasteiger partial charge in [-0.1, -0.05) is 30.7 Å². The number of hydrogen-bond donors (Lipinski definition) is 2. The fraction of sp³-hybridized carbons (Fsp3) is 0.667. The van der Waals surface area contributed by atoms with Gasteiger partial charge in [0.25, 0.3) is 0 Å². The highest BCUT2D eigenvalue weighted by molar-refractivity contribution is 7.89.